The van der Waals surface area contributed by atoms with Gasteiger partial charge in [0.1, 0.15) is 0 Å². The Hall–Kier alpha value is -0.860. The van der Waals surface area contributed by atoms with Crippen molar-refractivity contribution in [3.63, 3.8) is 0 Å². The molecule has 21 heavy (non-hydrogen) atoms. The van der Waals surface area contributed by atoms with Gasteiger partial charge in [-0.15, -0.1) is 0 Å². The summed E-state index contributed by atoms with van der Waals surface area (Å²) < 4.78 is 6.16. The molecule has 0 heterocycles. The minimum Gasteiger partial charge on any atom is -0.376 e. The van der Waals surface area contributed by atoms with Crippen molar-refractivity contribution in [2.24, 2.45) is 0 Å². The molecule has 0 spiro atoms. The maximum Gasteiger partial charge on any atom is 0.0872 e. The number of methoxy groups -OCH3 is 1. The van der Waals surface area contributed by atoms with Crippen LogP contribution in [0.5, 0.6) is 0 Å². The summed E-state index contributed by atoms with van der Waals surface area (Å²) in [6.07, 6.45) is 7.57. The molecule has 1 fully saturated rings. The van der Waals surface area contributed by atoms with E-state index < -0.39 is 0 Å². The minimum absolute atomic E-state index is 0.0505. The molecule has 1 atom stereocenters. The van der Waals surface area contributed by atoms with E-state index in [0.717, 1.165) is 19.4 Å². The van der Waals surface area contributed by atoms with Gasteiger partial charge in [0.25, 0.3) is 0 Å². The lowest BCUT2D eigenvalue weighted by atomic mass is 9.80. The van der Waals surface area contributed by atoms with Crippen LogP contribution in [0.1, 0.15) is 68.2 Å². The molecule has 1 saturated carbocycles. The van der Waals surface area contributed by atoms with E-state index in [1.165, 1.54) is 42.4 Å². The van der Waals surface area contributed by atoms with Crippen LogP contribution in [0.15, 0.2) is 18.2 Å². The van der Waals surface area contributed by atoms with E-state index in [4.69, 9.17) is 4.74 Å². The Morgan fingerprint density at radius 1 is 1.14 bits per heavy atom. The van der Waals surface area contributed by atoms with Gasteiger partial charge >= 0.3 is 0 Å². The molecule has 1 N–H and O–H groups in total. The topological polar surface area (TPSA) is 21.3 Å². The van der Waals surface area contributed by atoms with Crippen molar-refractivity contribution < 1.29 is 4.74 Å². The quantitative estimate of drug-likeness (QED) is 0.794. The fourth-order valence-corrected chi connectivity index (χ4v) is 3.79. The van der Waals surface area contributed by atoms with Crippen LogP contribution < -0.4 is 5.32 Å². The predicted molar refractivity (Wildman–Crippen MR) is 89.8 cm³/mol. The second-order valence-corrected chi connectivity index (χ2v) is 6.53. The van der Waals surface area contributed by atoms with Crippen LogP contribution >= 0.6 is 0 Å². The summed E-state index contributed by atoms with van der Waals surface area (Å²) in [4.78, 5) is 0. The lowest BCUT2D eigenvalue weighted by Gasteiger charge is -2.41. The largest absolute Gasteiger partial charge is 0.376 e. The first-order valence-electron chi connectivity index (χ1n) is 8.48. The van der Waals surface area contributed by atoms with Gasteiger partial charge in [0.2, 0.25) is 0 Å². The fourth-order valence-electron chi connectivity index (χ4n) is 3.79. The first-order chi connectivity index (χ1) is 10.1. The summed E-state index contributed by atoms with van der Waals surface area (Å²) in [5.74, 6) is 0. The molecular weight excluding hydrogens is 258 g/mol. The molecule has 118 valence electrons. The number of aryl methyl sites for hydroxylation is 2. The standard InChI is InChI=1S/C19H31NO/c1-5-20-18(17-14-15(2)10-11-16(17)3)19(21-4)12-8-6-7-9-13-19/h10-11,14,18,20H,5-9,12-13H2,1-4H3. The first kappa shape index (κ1) is 16.5. The molecule has 1 aromatic carbocycles. The SMILES string of the molecule is CCNC(c1cc(C)ccc1C)C1(OC)CCCCCC1. The van der Waals surface area contributed by atoms with Crippen LogP contribution in [0.3, 0.4) is 0 Å². The number of rotatable bonds is 5. The lowest BCUT2D eigenvalue weighted by molar-refractivity contribution is -0.0538. The highest BCUT2D eigenvalue weighted by atomic mass is 16.5. The molecule has 0 bridgehead atoms. The minimum atomic E-state index is -0.0505. The predicted octanol–water partition coefficient (Wildman–Crippen LogP) is 4.69. The normalized spacial score (nSPS) is 20.0. The summed E-state index contributed by atoms with van der Waals surface area (Å²) in [5.41, 5.74) is 4.07. The Morgan fingerprint density at radius 3 is 2.38 bits per heavy atom. The van der Waals surface area contributed by atoms with Crippen molar-refractivity contribution in [1.82, 2.24) is 5.32 Å². The van der Waals surface area contributed by atoms with E-state index in [1.54, 1.807) is 0 Å². The Morgan fingerprint density at radius 2 is 1.81 bits per heavy atom. The number of likely N-dealkylation sites (N-methyl/N-ethyl adjacent to an activating group) is 1. The zero-order chi connectivity index (χ0) is 15.3. The molecular formula is C19H31NO. The lowest BCUT2D eigenvalue weighted by Crippen LogP contribution is -2.45. The van der Waals surface area contributed by atoms with Gasteiger partial charge in [-0.25, -0.2) is 0 Å². The zero-order valence-electron chi connectivity index (χ0n) is 14.2. The molecule has 2 rings (SSSR count). The first-order valence-corrected chi connectivity index (χ1v) is 8.48. The van der Waals surface area contributed by atoms with E-state index in [9.17, 15) is 0 Å². The van der Waals surface area contributed by atoms with E-state index >= 15 is 0 Å². The van der Waals surface area contributed by atoms with E-state index in [-0.39, 0.29) is 5.60 Å². The van der Waals surface area contributed by atoms with E-state index in [2.05, 4.69) is 44.3 Å². The monoisotopic (exact) mass is 289 g/mol. The van der Waals surface area contributed by atoms with Crippen LogP contribution in [0.25, 0.3) is 0 Å². The highest BCUT2D eigenvalue weighted by Gasteiger charge is 2.40. The molecule has 1 aliphatic carbocycles. The molecule has 0 aromatic heterocycles. The average molecular weight is 289 g/mol. The summed E-state index contributed by atoms with van der Waals surface area (Å²) in [6, 6.07) is 7.09. The molecule has 0 saturated heterocycles. The van der Waals surface area contributed by atoms with Gasteiger partial charge in [-0.1, -0.05) is 56.4 Å². The Kier molecular flexibility index (Phi) is 5.83. The van der Waals surface area contributed by atoms with Crippen molar-refractivity contribution in [2.75, 3.05) is 13.7 Å². The molecule has 0 aliphatic heterocycles. The summed E-state index contributed by atoms with van der Waals surface area (Å²) in [5, 5.41) is 3.73. The number of hydrogen-bond donors (Lipinski definition) is 1. The van der Waals surface area contributed by atoms with Gasteiger partial charge in [-0.05, 0) is 44.4 Å². The Labute approximate surface area is 130 Å². The molecule has 0 amide bonds. The second kappa shape index (κ2) is 7.42. The number of nitrogens with one attached hydrogen (secondary N) is 1. The number of hydrogen-bond acceptors (Lipinski definition) is 2. The smallest absolute Gasteiger partial charge is 0.0872 e. The molecule has 1 unspecified atom stereocenters. The van der Waals surface area contributed by atoms with Crippen LogP contribution in [-0.2, 0) is 4.74 Å². The maximum atomic E-state index is 6.16. The fraction of sp³-hybridized carbons (Fsp3) is 0.684. The summed E-state index contributed by atoms with van der Waals surface area (Å²) in [7, 11) is 1.90. The summed E-state index contributed by atoms with van der Waals surface area (Å²) in [6.45, 7) is 7.57. The van der Waals surface area contributed by atoms with E-state index in [1.807, 2.05) is 7.11 Å². The van der Waals surface area contributed by atoms with Crippen molar-refractivity contribution in [2.45, 2.75) is 70.9 Å². The van der Waals surface area contributed by atoms with Crippen molar-refractivity contribution >= 4 is 0 Å². The third kappa shape index (κ3) is 3.67. The zero-order valence-corrected chi connectivity index (χ0v) is 14.2. The van der Waals surface area contributed by atoms with Crippen molar-refractivity contribution in [3.8, 4) is 0 Å². The highest BCUT2D eigenvalue weighted by Crippen LogP contribution is 2.41. The van der Waals surface area contributed by atoms with Crippen LogP contribution in [-0.4, -0.2) is 19.3 Å². The number of ether oxygens (including phenoxy) is 1. The molecule has 0 radical (unpaired) electrons. The Bertz CT molecular complexity index is 447. The van der Waals surface area contributed by atoms with Crippen molar-refractivity contribution in [1.29, 1.82) is 0 Å². The van der Waals surface area contributed by atoms with Crippen LogP contribution in [0.4, 0.5) is 0 Å². The van der Waals surface area contributed by atoms with Gasteiger partial charge < -0.3 is 10.1 Å². The number of benzene rings is 1. The Balaban J connectivity index is 2.41. The van der Waals surface area contributed by atoms with Gasteiger partial charge in [0, 0.05) is 7.11 Å². The average Bonchev–Trinajstić information content (AvgIpc) is 2.74. The molecule has 2 nitrogen and oxygen atoms in total. The molecule has 1 aromatic rings. The third-order valence-electron chi connectivity index (χ3n) is 5.04. The summed E-state index contributed by atoms with van der Waals surface area (Å²) >= 11 is 0. The van der Waals surface area contributed by atoms with Crippen LogP contribution in [0.2, 0.25) is 0 Å². The maximum absolute atomic E-state index is 6.16. The third-order valence-corrected chi connectivity index (χ3v) is 5.04. The highest BCUT2D eigenvalue weighted by molar-refractivity contribution is 5.35. The van der Waals surface area contributed by atoms with Crippen LogP contribution in [0, 0.1) is 13.8 Å². The molecule has 2 heteroatoms. The molecule has 1 aliphatic rings. The van der Waals surface area contributed by atoms with Gasteiger partial charge in [0.05, 0.1) is 11.6 Å². The van der Waals surface area contributed by atoms with Crippen molar-refractivity contribution in [3.05, 3.63) is 34.9 Å². The van der Waals surface area contributed by atoms with E-state index in [0.29, 0.717) is 6.04 Å². The van der Waals surface area contributed by atoms with Gasteiger partial charge in [-0.2, -0.15) is 0 Å². The second-order valence-electron chi connectivity index (χ2n) is 6.53. The van der Waals surface area contributed by atoms with Gasteiger partial charge in [0.15, 0.2) is 0 Å². The van der Waals surface area contributed by atoms with Gasteiger partial charge in [-0.3, -0.25) is 0 Å².